The molecule has 1 aromatic rings. The van der Waals surface area contributed by atoms with Crippen molar-refractivity contribution in [2.45, 2.75) is 46.1 Å². The molecule has 0 spiro atoms. The average Bonchev–Trinajstić information content (AvgIpc) is 2.66. The van der Waals surface area contributed by atoms with E-state index in [0.29, 0.717) is 24.8 Å². The van der Waals surface area contributed by atoms with Crippen LogP contribution in [0, 0.1) is 5.41 Å². The number of hydrogen-bond acceptors (Lipinski definition) is 5. The highest BCUT2D eigenvalue weighted by atomic mass is 127. The zero-order chi connectivity index (χ0) is 19.6. The molecule has 0 saturated heterocycles. The highest BCUT2D eigenvalue weighted by Crippen LogP contribution is 2.31. The fraction of sp³-hybridized carbons (Fsp3) is 0.550. The van der Waals surface area contributed by atoms with Gasteiger partial charge in [0.05, 0.1) is 25.5 Å². The van der Waals surface area contributed by atoms with E-state index in [1.165, 1.54) is 0 Å². The summed E-state index contributed by atoms with van der Waals surface area (Å²) in [5, 5.41) is 12.4. The maximum Gasteiger partial charge on any atom is 0.219 e. The zero-order valence-electron chi connectivity index (χ0n) is 17.0. The van der Waals surface area contributed by atoms with E-state index >= 15 is 0 Å². The van der Waals surface area contributed by atoms with Gasteiger partial charge in [0.15, 0.2) is 0 Å². The maximum atomic E-state index is 11.9. The number of amidine groups is 1. The van der Waals surface area contributed by atoms with Crippen molar-refractivity contribution in [1.82, 2.24) is 15.2 Å². The number of carbonyl (C=O) groups excluding carboxylic acids is 1. The molecule has 0 fully saturated rings. The number of anilines is 1. The van der Waals surface area contributed by atoms with E-state index in [-0.39, 0.29) is 35.9 Å². The van der Waals surface area contributed by atoms with E-state index in [1.54, 1.807) is 20.2 Å². The molecule has 0 atom stereocenters. The molecule has 0 saturated carbocycles. The van der Waals surface area contributed by atoms with Crippen LogP contribution in [0.2, 0.25) is 0 Å². The third-order valence-electron chi connectivity index (χ3n) is 5.08. The maximum absolute atomic E-state index is 11.9. The van der Waals surface area contributed by atoms with Crippen molar-refractivity contribution in [2.75, 3.05) is 31.6 Å². The number of carbonyl (C=O) groups is 1. The molecular formula is C20H30IN5O2. The quantitative estimate of drug-likeness (QED) is 0.379. The smallest absolute Gasteiger partial charge is 0.219 e. The van der Waals surface area contributed by atoms with Gasteiger partial charge in [-0.3, -0.25) is 10.2 Å². The topological polar surface area (TPSA) is 81.6 Å². The number of nitrogens with one attached hydrogen (secondary N) is 2. The summed E-state index contributed by atoms with van der Waals surface area (Å²) in [6, 6.07) is 2.24. The van der Waals surface area contributed by atoms with Crippen molar-refractivity contribution in [3.8, 4) is 5.88 Å². The van der Waals surface area contributed by atoms with Gasteiger partial charge < -0.3 is 19.9 Å². The van der Waals surface area contributed by atoms with E-state index in [1.807, 2.05) is 15.9 Å². The van der Waals surface area contributed by atoms with Crippen molar-refractivity contribution < 1.29 is 9.53 Å². The van der Waals surface area contributed by atoms with Gasteiger partial charge >= 0.3 is 0 Å². The number of amides is 1. The first kappa shape index (κ1) is 22.4. The summed E-state index contributed by atoms with van der Waals surface area (Å²) < 4.78 is 5.25. The van der Waals surface area contributed by atoms with Gasteiger partial charge in [-0.05, 0) is 32.3 Å². The zero-order valence-corrected chi connectivity index (χ0v) is 19.4. The summed E-state index contributed by atoms with van der Waals surface area (Å²) in [5.41, 5.74) is 4.08. The number of halogens is 1. The third-order valence-corrected chi connectivity index (χ3v) is 5.08. The predicted octanol–water partition coefficient (Wildman–Crippen LogP) is 2.94. The Hall–Kier alpha value is -1.84. The lowest BCUT2D eigenvalue weighted by Crippen LogP contribution is -2.45. The highest BCUT2D eigenvalue weighted by molar-refractivity contribution is 14.0. The Morgan fingerprint density at radius 3 is 2.71 bits per heavy atom. The summed E-state index contributed by atoms with van der Waals surface area (Å²) in [5.74, 6) is 1.11. The molecule has 8 heteroatoms. The van der Waals surface area contributed by atoms with Crippen LogP contribution in [-0.2, 0) is 11.2 Å². The molecular weight excluding hydrogens is 469 g/mol. The van der Waals surface area contributed by atoms with Gasteiger partial charge in [-0.1, -0.05) is 0 Å². The lowest BCUT2D eigenvalue weighted by Gasteiger charge is -2.37. The second-order valence-corrected chi connectivity index (χ2v) is 7.41. The number of nitrogens with zero attached hydrogens (tertiary/aromatic N) is 3. The Balaban J connectivity index is 0.00000280. The second-order valence-electron chi connectivity index (χ2n) is 7.41. The Morgan fingerprint density at radius 1 is 1.32 bits per heavy atom. The minimum atomic E-state index is 0. The number of hydrogen-bond donors (Lipinski definition) is 2. The lowest BCUT2D eigenvalue weighted by molar-refractivity contribution is -0.128. The molecule has 0 radical (unpaired) electrons. The van der Waals surface area contributed by atoms with Gasteiger partial charge in [0.25, 0.3) is 0 Å². The number of rotatable bonds is 4. The molecule has 3 heterocycles. The first-order valence-electron chi connectivity index (χ1n) is 9.54. The Labute approximate surface area is 184 Å². The summed E-state index contributed by atoms with van der Waals surface area (Å²) in [6.45, 7) is 7.72. The lowest BCUT2D eigenvalue weighted by atomic mass is 9.99. The average molecular weight is 499 g/mol. The monoisotopic (exact) mass is 499 g/mol. The van der Waals surface area contributed by atoms with Crippen molar-refractivity contribution >= 4 is 41.4 Å². The van der Waals surface area contributed by atoms with Crippen molar-refractivity contribution in [2.24, 2.45) is 0 Å². The van der Waals surface area contributed by atoms with Gasteiger partial charge in [0, 0.05) is 49.8 Å². The van der Waals surface area contributed by atoms with E-state index in [4.69, 9.17) is 10.1 Å². The van der Waals surface area contributed by atoms with E-state index in [9.17, 15) is 4.79 Å². The standard InChI is InChI=1S/C20H29N5O2.HI/c1-13(2)23-17-7-9-24(14(3)26)12-16(17)20(21)25-8-5-6-15-10-19(27-4)22-11-18(15)25;/h10-11,13,21,23H,5-9,12H2,1-4H3;1H. The number of aryl methyl sites for hydroxylation is 1. The molecule has 2 aliphatic rings. The van der Waals surface area contributed by atoms with Crippen LogP contribution in [0.15, 0.2) is 23.5 Å². The molecule has 28 heavy (non-hydrogen) atoms. The van der Waals surface area contributed by atoms with E-state index in [2.05, 4.69) is 24.1 Å². The van der Waals surface area contributed by atoms with Crippen molar-refractivity contribution in [3.05, 3.63) is 29.1 Å². The molecule has 2 aliphatic heterocycles. The Bertz CT molecular complexity index is 778. The van der Waals surface area contributed by atoms with Gasteiger partial charge in [-0.15, -0.1) is 24.0 Å². The molecule has 0 aliphatic carbocycles. The fourth-order valence-electron chi connectivity index (χ4n) is 3.72. The summed E-state index contributed by atoms with van der Waals surface area (Å²) >= 11 is 0. The molecule has 7 nitrogen and oxygen atoms in total. The second kappa shape index (κ2) is 9.58. The van der Waals surface area contributed by atoms with Crippen LogP contribution < -0.4 is 15.0 Å². The van der Waals surface area contributed by atoms with Crippen LogP contribution >= 0.6 is 24.0 Å². The first-order valence-corrected chi connectivity index (χ1v) is 9.54. The summed E-state index contributed by atoms with van der Waals surface area (Å²) in [4.78, 5) is 20.1. The predicted molar refractivity (Wildman–Crippen MR) is 122 cm³/mol. The van der Waals surface area contributed by atoms with Gasteiger partial charge in [-0.2, -0.15) is 0 Å². The van der Waals surface area contributed by atoms with E-state index in [0.717, 1.165) is 48.3 Å². The number of ether oxygens (including phenoxy) is 1. The molecule has 3 rings (SSSR count). The van der Waals surface area contributed by atoms with Crippen LogP contribution in [0.3, 0.4) is 0 Å². The SMILES string of the molecule is COc1cc2c(cn1)N(C(=N)C1=C(NC(C)C)CCN(C(C)=O)C1)CCC2.I. The largest absolute Gasteiger partial charge is 0.481 e. The number of fused-ring (bicyclic) bond motifs is 1. The van der Waals surface area contributed by atoms with E-state index < -0.39 is 0 Å². The van der Waals surface area contributed by atoms with Crippen LogP contribution in [0.4, 0.5) is 5.69 Å². The minimum Gasteiger partial charge on any atom is -0.481 e. The van der Waals surface area contributed by atoms with Crippen LogP contribution in [0.1, 0.15) is 39.2 Å². The van der Waals surface area contributed by atoms with Crippen LogP contribution in [0.5, 0.6) is 5.88 Å². The number of pyridine rings is 1. The summed E-state index contributed by atoms with van der Waals surface area (Å²) in [7, 11) is 1.62. The molecule has 0 bridgehead atoms. The van der Waals surface area contributed by atoms with Crippen LogP contribution in [-0.4, -0.2) is 54.4 Å². The normalized spacial score (nSPS) is 16.5. The van der Waals surface area contributed by atoms with Gasteiger partial charge in [-0.25, -0.2) is 4.98 Å². The minimum absolute atomic E-state index is 0. The first-order chi connectivity index (χ1) is 12.9. The van der Waals surface area contributed by atoms with Gasteiger partial charge in [0.2, 0.25) is 11.8 Å². The van der Waals surface area contributed by atoms with Gasteiger partial charge in [0.1, 0.15) is 5.84 Å². The number of methoxy groups -OCH3 is 1. The molecule has 154 valence electrons. The fourth-order valence-corrected chi connectivity index (χ4v) is 3.72. The molecule has 0 aromatic carbocycles. The third kappa shape index (κ3) is 4.76. The molecule has 1 amide bonds. The Morgan fingerprint density at radius 2 is 2.07 bits per heavy atom. The molecule has 0 unspecified atom stereocenters. The van der Waals surface area contributed by atoms with Crippen molar-refractivity contribution in [1.29, 1.82) is 5.41 Å². The number of aromatic nitrogens is 1. The van der Waals surface area contributed by atoms with Crippen LogP contribution in [0.25, 0.3) is 0 Å². The summed E-state index contributed by atoms with van der Waals surface area (Å²) in [6.07, 6.45) is 4.47. The molecule has 1 aromatic heterocycles. The van der Waals surface area contributed by atoms with Crippen molar-refractivity contribution in [3.63, 3.8) is 0 Å². The Kier molecular flexibility index (Phi) is 7.68. The molecule has 2 N–H and O–H groups in total. The highest BCUT2D eigenvalue weighted by Gasteiger charge is 2.29.